The molecule has 1 heterocycles. The molecule has 0 spiro atoms. The molecule has 3 nitrogen and oxygen atoms in total. The molecular weight excluding hydrogens is 228 g/mol. The van der Waals surface area contributed by atoms with Crippen molar-refractivity contribution < 1.29 is 14.6 Å². The van der Waals surface area contributed by atoms with Gasteiger partial charge in [-0.1, -0.05) is 24.8 Å². The molecule has 1 saturated carbocycles. The lowest BCUT2D eigenvalue weighted by atomic mass is 9.80. The Balaban J connectivity index is 1.99. The number of hydrogen-bond donors (Lipinski definition) is 1. The van der Waals surface area contributed by atoms with Gasteiger partial charge in [-0.15, -0.1) is 0 Å². The van der Waals surface area contributed by atoms with Crippen LogP contribution >= 0.6 is 0 Å². The van der Waals surface area contributed by atoms with Crippen molar-refractivity contribution >= 4 is 5.97 Å². The van der Waals surface area contributed by atoms with E-state index in [9.17, 15) is 9.90 Å². The zero-order chi connectivity index (χ0) is 12.9. The fraction of sp³-hybridized carbons (Fsp3) is 0.533. The van der Waals surface area contributed by atoms with Gasteiger partial charge in [-0.3, -0.25) is 0 Å². The Kier molecular flexibility index (Phi) is 2.67. The Morgan fingerprint density at radius 2 is 2.17 bits per heavy atom. The van der Waals surface area contributed by atoms with Gasteiger partial charge in [0.1, 0.15) is 6.10 Å². The summed E-state index contributed by atoms with van der Waals surface area (Å²) in [4.78, 5) is 11.7. The third kappa shape index (κ3) is 1.50. The number of carbonyl (C=O) groups is 1. The molecule has 2 aliphatic carbocycles. The van der Waals surface area contributed by atoms with Gasteiger partial charge in [0.15, 0.2) is 0 Å². The van der Waals surface area contributed by atoms with E-state index in [4.69, 9.17) is 4.74 Å². The molecule has 3 heteroatoms. The van der Waals surface area contributed by atoms with Crippen molar-refractivity contribution in [3.05, 3.63) is 36.0 Å². The number of fused-ring (bicyclic) bond motifs is 3. The Bertz CT molecular complexity index is 460. The first kappa shape index (κ1) is 11.7. The largest absolute Gasteiger partial charge is 0.458 e. The topological polar surface area (TPSA) is 46.5 Å². The second-order valence-corrected chi connectivity index (χ2v) is 5.50. The minimum Gasteiger partial charge on any atom is -0.458 e. The van der Waals surface area contributed by atoms with E-state index in [-0.39, 0.29) is 30.5 Å². The number of rotatable bonds is 1. The van der Waals surface area contributed by atoms with Crippen LogP contribution in [0.4, 0.5) is 0 Å². The highest BCUT2D eigenvalue weighted by Crippen LogP contribution is 2.50. The van der Waals surface area contributed by atoms with Crippen molar-refractivity contribution in [2.45, 2.75) is 25.4 Å². The fourth-order valence-corrected chi connectivity index (χ4v) is 3.67. The Morgan fingerprint density at radius 3 is 2.89 bits per heavy atom. The molecule has 0 bridgehead atoms. The number of hydrogen-bond acceptors (Lipinski definition) is 3. The molecule has 0 radical (unpaired) electrons. The molecule has 0 aromatic carbocycles. The van der Waals surface area contributed by atoms with Crippen molar-refractivity contribution in [2.75, 3.05) is 6.61 Å². The highest BCUT2D eigenvalue weighted by Gasteiger charge is 2.50. The quantitative estimate of drug-likeness (QED) is 0.437. The molecule has 1 aliphatic heterocycles. The third-order valence-electron chi connectivity index (χ3n) is 4.68. The van der Waals surface area contributed by atoms with Gasteiger partial charge in [0.25, 0.3) is 0 Å². The van der Waals surface area contributed by atoms with Crippen molar-refractivity contribution in [1.29, 1.82) is 0 Å². The van der Waals surface area contributed by atoms with Gasteiger partial charge in [-0.25, -0.2) is 4.79 Å². The molecule has 0 aromatic rings. The Morgan fingerprint density at radius 1 is 1.39 bits per heavy atom. The van der Waals surface area contributed by atoms with Crippen LogP contribution in [-0.2, 0) is 9.53 Å². The molecule has 0 amide bonds. The molecule has 1 N–H and O–H groups in total. The number of ether oxygens (including phenoxy) is 1. The maximum atomic E-state index is 11.7. The van der Waals surface area contributed by atoms with E-state index in [1.54, 1.807) is 0 Å². The predicted molar refractivity (Wildman–Crippen MR) is 67.6 cm³/mol. The minimum absolute atomic E-state index is 0.0433. The maximum Gasteiger partial charge on any atom is 0.334 e. The predicted octanol–water partition coefficient (Wildman–Crippen LogP) is 1.99. The number of aliphatic hydroxyl groups excluding tert-OH is 1. The molecule has 4 atom stereocenters. The van der Waals surface area contributed by atoms with Gasteiger partial charge in [-0.2, -0.15) is 0 Å². The van der Waals surface area contributed by atoms with Gasteiger partial charge in [0.2, 0.25) is 0 Å². The van der Waals surface area contributed by atoms with Crippen LogP contribution in [0.3, 0.4) is 0 Å². The fourth-order valence-electron chi connectivity index (χ4n) is 3.67. The van der Waals surface area contributed by atoms with E-state index in [1.807, 2.05) is 0 Å². The van der Waals surface area contributed by atoms with E-state index in [0.717, 1.165) is 24.8 Å². The van der Waals surface area contributed by atoms with Gasteiger partial charge >= 0.3 is 5.97 Å². The molecule has 96 valence electrons. The number of carbonyl (C=O) groups excluding carboxylic acids is 1. The van der Waals surface area contributed by atoms with Crippen LogP contribution in [0.1, 0.15) is 19.3 Å². The first-order valence-corrected chi connectivity index (χ1v) is 6.50. The van der Waals surface area contributed by atoms with Crippen molar-refractivity contribution in [2.24, 2.45) is 17.8 Å². The van der Waals surface area contributed by atoms with E-state index >= 15 is 0 Å². The van der Waals surface area contributed by atoms with E-state index in [2.05, 4.69) is 19.2 Å². The molecule has 1 saturated heterocycles. The van der Waals surface area contributed by atoms with Crippen molar-refractivity contribution in [3.8, 4) is 0 Å². The molecule has 2 fully saturated rings. The van der Waals surface area contributed by atoms with Crippen molar-refractivity contribution in [1.82, 2.24) is 0 Å². The first-order valence-electron chi connectivity index (χ1n) is 6.50. The van der Waals surface area contributed by atoms with Gasteiger partial charge < -0.3 is 9.84 Å². The minimum atomic E-state index is -0.263. The monoisotopic (exact) mass is 246 g/mol. The third-order valence-corrected chi connectivity index (χ3v) is 4.68. The standard InChI is InChI=1S/C15H18O3/c1-8-3-5-12-9(2)15(17)18-14(12)13-10(7-16)4-6-11(8)13/h4,11-14,16H,1-3,5-7H2/t11?,12-,13?,14-/m0/s1. The second kappa shape index (κ2) is 4.09. The highest BCUT2D eigenvalue weighted by atomic mass is 16.6. The van der Waals surface area contributed by atoms with Crippen LogP contribution in [0, 0.1) is 17.8 Å². The number of allylic oxidation sites excluding steroid dienone is 2. The van der Waals surface area contributed by atoms with E-state index in [0.29, 0.717) is 11.5 Å². The summed E-state index contributed by atoms with van der Waals surface area (Å²) in [5.74, 6) is 0.261. The maximum absolute atomic E-state index is 11.7. The van der Waals surface area contributed by atoms with Gasteiger partial charge in [-0.05, 0) is 30.8 Å². The summed E-state index contributed by atoms with van der Waals surface area (Å²) in [6, 6.07) is 0. The Labute approximate surface area is 107 Å². The lowest BCUT2D eigenvalue weighted by Crippen LogP contribution is -2.30. The summed E-state index contributed by atoms with van der Waals surface area (Å²) >= 11 is 0. The Hall–Kier alpha value is -1.35. The number of aliphatic hydroxyl groups is 1. The lowest BCUT2D eigenvalue weighted by molar-refractivity contribution is -0.141. The van der Waals surface area contributed by atoms with Crippen LogP contribution in [0.5, 0.6) is 0 Å². The van der Waals surface area contributed by atoms with E-state index in [1.165, 1.54) is 5.57 Å². The highest BCUT2D eigenvalue weighted by molar-refractivity contribution is 5.91. The average molecular weight is 246 g/mol. The lowest BCUT2D eigenvalue weighted by Gasteiger charge is -2.27. The summed E-state index contributed by atoms with van der Waals surface area (Å²) in [5, 5.41) is 9.47. The van der Waals surface area contributed by atoms with Crippen LogP contribution in [0.2, 0.25) is 0 Å². The zero-order valence-electron chi connectivity index (χ0n) is 10.4. The summed E-state index contributed by atoms with van der Waals surface area (Å²) in [5.41, 5.74) is 2.82. The summed E-state index contributed by atoms with van der Waals surface area (Å²) in [6.45, 7) is 8.08. The van der Waals surface area contributed by atoms with Crippen molar-refractivity contribution in [3.63, 3.8) is 0 Å². The normalized spacial score (nSPS) is 38.9. The van der Waals surface area contributed by atoms with Gasteiger partial charge in [0.05, 0.1) is 6.61 Å². The molecule has 18 heavy (non-hydrogen) atoms. The van der Waals surface area contributed by atoms with Gasteiger partial charge in [0, 0.05) is 17.4 Å². The molecule has 0 aromatic heterocycles. The first-order chi connectivity index (χ1) is 8.63. The zero-order valence-corrected chi connectivity index (χ0v) is 10.4. The summed E-state index contributed by atoms with van der Waals surface area (Å²) in [6.07, 6.45) is 4.66. The summed E-state index contributed by atoms with van der Waals surface area (Å²) in [7, 11) is 0. The van der Waals surface area contributed by atoms with Crippen LogP contribution in [-0.4, -0.2) is 23.8 Å². The average Bonchev–Trinajstić information content (AvgIpc) is 2.86. The van der Waals surface area contributed by atoms with Crippen LogP contribution in [0.15, 0.2) is 36.0 Å². The molecular formula is C15H18O3. The smallest absolute Gasteiger partial charge is 0.334 e. The molecule has 3 rings (SSSR count). The summed E-state index contributed by atoms with van der Waals surface area (Å²) < 4.78 is 5.52. The van der Waals surface area contributed by atoms with Crippen LogP contribution < -0.4 is 0 Å². The second-order valence-electron chi connectivity index (χ2n) is 5.50. The molecule has 2 unspecified atom stereocenters. The SMILES string of the molecule is C=C1CC[C@H]2C(=C)C(=O)O[C@@H]2C2C(CO)=CCC12. The molecule has 3 aliphatic rings. The number of esters is 1. The van der Waals surface area contributed by atoms with E-state index < -0.39 is 0 Å². The van der Waals surface area contributed by atoms with Crippen LogP contribution in [0.25, 0.3) is 0 Å².